The van der Waals surface area contributed by atoms with E-state index in [1.54, 1.807) is 0 Å². The third-order valence-corrected chi connectivity index (χ3v) is 3.36. The van der Waals surface area contributed by atoms with E-state index in [9.17, 15) is 9.59 Å². The summed E-state index contributed by atoms with van der Waals surface area (Å²) in [5.74, 6) is -0.0286. The van der Waals surface area contributed by atoms with Crippen LogP contribution >= 0.6 is 11.3 Å². The molecular formula is C13H21N3O3S. The Labute approximate surface area is 122 Å². The van der Waals surface area contributed by atoms with Gasteiger partial charge in [-0.1, -0.05) is 13.8 Å². The summed E-state index contributed by atoms with van der Waals surface area (Å²) in [6.45, 7) is 6.00. The monoisotopic (exact) mass is 299 g/mol. The summed E-state index contributed by atoms with van der Waals surface area (Å²) in [6.07, 6.45) is 0.704. The lowest BCUT2D eigenvalue weighted by molar-refractivity contribution is -0.143. The molecule has 0 aliphatic rings. The molecule has 1 amide bonds. The summed E-state index contributed by atoms with van der Waals surface area (Å²) in [5.41, 5.74) is 0.788. The van der Waals surface area contributed by atoms with Gasteiger partial charge in [-0.3, -0.25) is 14.9 Å². The van der Waals surface area contributed by atoms with Gasteiger partial charge in [0.2, 0.25) is 5.91 Å². The fourth-order valence-corrected chi connectivity index (χ4v) is 2.46. The Kier molecular flexibility index (Phi) is 6.60. The standard InChI is InChI=1S/C13H21N3O3S/c1-8(2)5-11(12(18)19-4)14-6-10-7-20-13(16-10)15-9(3)17/h7-8,11,14H,5-6H2,1-4H3,(H,15,16,17). The number of nitrogens with zero attached hydrogens (tertiary/aromatic N) is 1. The van der Waals surface area contributed by atoms with E-state index in [1.807, 2.05) is 5.38 Å². The van der Waals surface area contributed by atoms with E-state index in [-0.39, 0.29) is 17.9 Å². The highest BCUT2D eigenvalue weighted by Gasteiger charge is 2.20. The van der Waals surface area contributed by atoms with Crippen LogP contribution < -0.4 is 10.6 Å². The second-order valence-electron chi connectivity index (χ2n) is 4.91. The maximum atomic E-state index is 11.7. The molecule has 2 N–H and O–H groups in total. The second kappa shape index (κ2) is 7.96. The number of aromatic nitrogens is 1. The Morgan fingerprint density at radius 1 is 1.45 bits per heavy atom. The van der Waals surface area contributed by atoms with Gasteiger partial charge in [-0.15, -0.1) is 11.3 Å². The molecule has 1 aromatic heterocycles. The van der Waals surface area contributed by atoms with Gasteiger partial charge in [-0.25, -0.2) is 4.98 Å². The number of anilines is 1. The minimum absolute atomic E-state index is 0.147. The highest BCUT2D eigenvalue weighted by molar-refractivity contribution is 7.13. The molecular weight excluding hydrogens is 278 g/mol. The lowest BCUT2D eigenvalue weighted by atomic mass is 10.0. The molecule has 0 bridgehead atoms. The average molecular weight is 299 g/mol. The number of nitrogens with one attached hydrogen (secondary N) is 2. The predicted octanol–water partition coefficient (Wildman–Crippen LogP) is 1.78. The van der Waals surface area contributed by atoms with Crippen LogP contribution in [0.4, 0.5) is 5.13 Å². The molecule has 1 heterocycles. The molecule has 1 aromatic rings. The molecule has 0 fully saturated rings. The van der Waals surface area contributed by atoms with E-state index in [1.165, 1.54) is 25.4 Å². The van der Waals surface area contributed by atoms with Gasteiger partial charge >= 0.3 is 5.97 Å². The Morgan fingerprint density at radius 3 is 2.70 bits per heavy atom. The molecule has 1 unspecified atom stereocenters. The van der Waals surface area contributed by atoms with Crippen LogP contribution in [0, 0.1) is 5.92 Å². The highest BCUT2D eigenvalue weighted by Crippen LogP contribution is 2.15. The first-order chi connectivity index (χ1) is 9.42. The largest absolute Gasteiger partial charge is 0.468 e. The molecule has 0 spiro atoms. The van der Waals surface area contributed by atoms with Crippen molar-refractivity contribution in [1.29, 1.82) is 0 Å². The summed E-state index contributed by atoms with van der Waals surface area (Å²) in [7, 11) is 1.38. The van der Waals surface area contributed by atoms with Crippen LogP contribution in [-0.2, 0) is 20.9 Å². The summed E-state index contributed by atoms with van der Waals surface area (Å²) < 4.78 is 4.78. The SMILES string of the molecule is COC(=O)C(CC(C)C)NCc1csc(NC(C)=O)n1. The van der Waals surface area contributed by atoms with Crippen LogP contribution in [0.25, 0.3) is 0 Å². The van der Waals surface area contributed by atoms with E-state index in [4.69, 9.17) is 4.74 Å². The number of rotatable bonds is 7. The minimum atomic E-state index is -0.342. The van der Waals surface area contributed by atoms with Crippen molar-refractivity contribution in [3.8, 4) is 0 Å². The lowest BCUT2D eigenvalue weighted by Gasteiger charge is -2.17. The van der Waals surface area contributed by atoms with Crippen LogP contribution in [0.15, 0.2) is 5.38 Å². The molecule has 0 aliphatic carbocycles. The Morgan fingerprint density at radius 2 is 2.15 bits per heavy atom. The van der Waals surface area contributed by atoms with Crippen LogP contribution in [-0.4, -0.2) is 30.0 Å². The van der Waals surface area contributed by atoms with Crippen molar-refractivity contribution in [2.75, 3.05) is 12.4 Å². The third kappa shape index (κ3) is 5.66. The van der Waals surface area contributed by atoms with E-state index < -0.39 is 0 Å². The van der Waals surface area contributed by atoms with Crippen molar-refractivity contribution in [2.45, 2.75) is 39.8 Å². The second-order valence-corrected chi connectivity index (χ2v) is 5.77. The van der Waals surface area contributed by atoms with Gasteiger partial charge < -0.3 is 10.1 Å². The topological polar surface area (TPSA) is 80.3 Å². The van der Waals surface area contributed by atoms with Crippen LogP contribution in [0.1, 0.15) is 32.9 Å². The van der Waals surface area contributed by atoms with Gasteiger partial charge in [0, 0.05) is 18.8 Å². The van der Waals surface area contributed by atoms with E-state index >= 15 is 0 Å². The molecule has 0 saturated heterocycles. The number of hydrogen-bond donors (Lipinski definition) is 2. The molecule has 20 heavy (non-hydrogen) atoms. The first kappa shape index (κ1) is 16.6. The van der Waals surface area contributed by atoms with Gasteiger partial charge in [-0.05, 0) is 12.3 Å². The fraction of sp³-hybridized carbons (Fsp3) is 0.615. The Hall–Kier alpha value is -1.47. The van der Waals surface area contributed by atoms with Crippen molar-refractivity contribution in [2.24, 2.45) is 5.92 Å². The molecule has 0 saturated carbocycles. The number of amides is 1. The third-order valence-electron chi connectivity index (χ3n) is 2.56. The number of thiazole rings is 1. The molecule has 0 aliphatic heterocycles. The van der Waals surface area contributed by atoms with Gasteiger partial charge in [-0.2, -0.15) is 0 Å². The first-order valence-corrected chi connectivity index (χ1v) is 7.33. The maximum absolute atomic E-state index is 11.7. The van der Waals surface area contributed by atoms with Crippen molar-refractivity contribution in [3.05, 3.63) is 11.1 Å². The van der Waals surface area contributed by atoms with Crippen LogP contribution in [0.2, 0.25) is 0 Å². The number of carbonyl (C=O) groups is 2. The van der Waals surface area contributed by atoms with Crippen molar-refractivity contribution in [3.63, 3.8) is 0 Å². The van der Waals surface area contributed by atoms with Crippen LogP contribution in [0.5, 0.6) is 0 Å². The van der Waals surface area contributed by atoms with E-state index in [0.717, 1.165) is 5.69 Å². The van der Waals surface area contributed by atoms with Gasteiger partial charge in [0.15, 0.2) is 5.13 Å². The molecule has 0 aromatic carbocycles. The van der Waals surface area contributed by atoms with Crippen LogP contribution in [0.3, 0.4) is 0 Å². The summed E-state index contributed by atoms with van der Waals surface area (Å²) >= 11 is 1.36. The summed E-state index contributed by atoms with van der Waals surface area (Å²) in [6, 6.07) is -0.342. The molecule has 6 nitrogen and oxygen atoms in total. The molecule has 112 valence electrons. The van der Waals surface area contributed by atoms with Gasteiger partial charge in [0.1, 0.15) is 6.04 Å². The van der Waals surface area contributed by atoms with E-state index in [0.29, 0.717) is 24.0 Å². The van der Waals surface area contributed by atoms with Gasteiger partial charge in [0.25, 0.3) is 0 Å². The predicted molar refractivity (Wildman–Crippen MR) is 78.5 cm³/mol. The lowest BCUT2D eigenvalue weighted by Crippen LogP contribution is -2.38. The Bertz CT molecular complexity index is 459. The summed E-state index contributed by atoms with van der Waals surface area (Å²) in [4.78, 5) is 26.8. The number of esters is 1. The quantitative estimate of drug-likeness (QED) is 0.750. The normalized spacial score (nSPS) is 12.2. The van der Waals surface area contributed by atoms with E-state index in [2.05, 4.69) is 29.5 Å². The highest BCUT2D eigenvalue weighted by atomic mass is 32.1. The first-order valence-electron chi connectivity index (χ1n) is 6.45. The molecule has 1 atom stereocenters. The average Bonchev–Trinajstić information content (AvgIpc) is 2.79. The maximum Gasteiger partial charge on any atom is 0.322 e. The van der Waals surface area contributed by atoms with Gasteiger partial charge in [0.05, 0.1) is 12.8 Å². The Balaban J connectivity index is 2.56. The smallest absolute Gasteiger partial charge is 0.322 e. The van der Waals surface area contributed by atoms with Crippen molar-refractivity contribution < 1.29 is 14.3 Å². The zero-order chi connectivity index (χ0) is 15.1. The zero-order valence-corrected chi connectivity index (χ0v) is 13.0. The number of methoxy groups -OCH3 is 1. The number of hydrogen-bond acceptors (Lipinski definition) is 6. The van der Waals surface area contributed by atoms with Crippen molar-refractivity contribution >= 4 is 28.3 Å². The fourth-order valence-electron chi connectivity index (χ4n) is 1.70. The molecule has 0 radical (unpaired) electrons. The summed E-state index contributed by atoms with van der Waals surface area (Å²) in [5, 5.41) is 8.18. The number of ether oxygens (including phenoxy) is 1. The molecule has 7 heteroatoms. The number of carbonyl (C=O) groups excluding carboxylic acids is 2. The minimum Gasteiger partial charge on any atom is -0.468 e. The zero-order valence-electron chi connectivity index (χ0n) is 12.2. The molecule has 1 rings (SSSR count). The van der Waals surface area contributed by atoms with Crippen molar-refractivity contribution in [1.82, 2.24) is 10.3 Å².